The van der Waals surface area contributed by atoms with Gasteiger partial charge in [-0.05, 0) is 106 Å². The maximum atomic E-state index is 11.4. The summed E-state index contributed by atoms with van der Waals surface area (Å²) in [5.74, 6) is -0.655. The normalized spacial score (nSPS) is 17.7. The zero-order chi connectivity index (χ0) is 42.2. The topological polar surface area (TPSA) is 161 Å². The van der Waals surface area contributed by atoms with E-state index in [2.05, 4.69) is 31.9 Å². The maximum absolute atomic E-state index is 11.4. The van der Waals surface area contributed by atoms with Crippen LogP contribution in [0.2, 0.25) is 0 Å². The van der Waals surface area contributed by atoms with Crippen molar-refractivity contribution in [1.29, 1.82) is 0 Å². The molecule has 0 saturated carbocycles. The molecule has 0 spiro atoms. The van der Waals surface area contributed by atoms with E-state index in [1.807, 2.05) is 111 Å². The molecule has 0 amide bonds. The number of para-hydroxylation sites is 2. The Hall–Kier alpha value is -5.54. The van der Waals surface area contributed by atoms with E-state index in [1.54, 1.807) is 0 Å². The van der Waals surface area contributed by atoms with Gasteiger partial charge in [0, 0.05) is 48.3 Å². The van der Waals surface area contributed by atoms with Crippen LogP contribution in [0.25, 0.3) is 11.1 Å². The molecule has 2 aromatic carbocycles. The lowest BCUT2D eigenvalue weighted by molar-refractivity contribution is -0.141. The van der Waals surface area contributed by atoms with Crippen molar-refractivity contribution >= 4 is 77.8 Å². The van der Waals surface area contributed by atoms with Gasteiger partial charge in [0.1, 0.15) is 11.5 Å². The second-order valence-corrected chi connectivity index (χ2v) is 15.4. The molecule has 5 heterocycles. The fourth-order valence-electron chi connectivity index (χ4n) is 7.12. The van der Waals surface area contributed by atoms with E-state index in [9.17, 15) is 19.8 Å². The largest absolute Gasteiger partial charge is 0.493 e. The number of aliphatic carboxylic acids is 2. The number of nitrogens with zero attached hydrogens (tertiary/aromatic N) is 4. The van der Waals surface area contributed by atoms with Gasteiger partial charge in [0.15, 0.2) is 0 Å². The number of hydrogen-bond donors (Lipinski definition) is 2. The molecule has 8 bridgehead atoms. The Morgan fingerprint density at radius 3 is 1.32 bits per heavy atom. The number of ether oxygens (including phenoxy) is 4. The van der Waals surface area contributed by atoms with Crippen LogP contribution in [0, 0.1) is 0 Å². The first-order valence-electron chi connectivity index (χ1n) is 19.6. The van der Waals surface area contributed by atoms with Crippen LogP contribution in [-0.2, 0) is 19.1 Å². The van der Waals surface area contributed by atoms with E-state index in [0.29, 0.717) is 92.2 Å². The van der Waals surface area contributed by atoms with E-state index >= 15 is 0 Å². The molecular weight excluding hydrogens is 896 g/mol. The lowest BCUT2D eigenvalue weighted by Crippen LogP contribution is -2.20. The van der Waals surface area contributed by atoms with Crippen molar-refractivity contribution in [3.05, 3.63) is 140 Å². The van der Waals surface area contributed by atoms with Crippen LogP contribution in [0.5, 0.6) is 11.5 Å². The molecule has 308 valence electrons. The first kappa shape index (κ1) is 42.6. The van der Waals surface area contributed by atoms with E-state index < -0.39 is 24.1 Å². The summed E-state index contributed by atoms with van der Waals surface area (Å²) in [6, 6.07) is 15.3. The minimum Gasteiger partial charge on any atom is -0.493 e. The van der Waals surface area contributed by atoms with E-state index in [0.717, 1.165) is 22.3 Å². The zero-order valence-corrected chi connectivity index (χ0v) is 36.1. The smallest absolute Gasteiger partial charge is 0.305 e. The number of hydrogen-bond acceptors (Lipinski definition) is 10. The highest BCUT2D eigenvalue weighted by Crippen LogP contribution is 2.40. The van der Waals surface area contributed by atoms with Crippen molar-refractivity contribution in [2.45, 2.75) is 51.7 Å². The predicted molar refractivity (Wildman–Crippen MR) is 240 cm³/mol. The molecule has 60 heavy (non-hydrogen) atoms. The second-order valence-electron chi connectivity index (χ2n) is 13.9. The Kier molecular flexibility index (Phi) is 14.0. The van der Waals surface area contributed by atoms with Gasteiger partial charge in [-0.3, -0.25) is 9.59 Å². The summed E-state index contributed by atoms with van der Waals surface area (Å²) in [7, 11) is 0. The molecule has 0 aromatic heterocycles. The summed E-state index contributed by atoms with van der Waals surface area (Å²) in [4.78, 5) is 43.3. The Morgan fingerprint density at radius 2 is 0.917 bits per heavy atom. The molecule has 2 aromatic rings. The van der Waals surface area contributed by atoms with E-state index in [4.69, 9.17) is 38.9 Å². The number of aliphatic imine (C=N–C) groups is 4. The quantitative estimate of drug-likeness (QED) is 0.150. The Bertz CT molecular complexity index is 2290. The molecule has 7 rings (SSSR count). The molecule has 2 unspecified atom stereocenters. The average molecular weight is 939 g/mol. The van der Waals surface area contributed by atoms with Gasteiger partial charge in [0.2, 0.25) is 0 Å². The highest BCUT2D eigenvalue weighted by Gasteiger charge is 2.28. The molecule has 0 aliphatic carbocycles. The van der Waals surface area contributed by atoms with Crippen LogP contribution >= 0.6 is 31.9 Å². The lowest BCUT2D eigenvalue weighted by atomic mass is 9.97. The van der Waals surface area contributed by atoms with Gasteiger partial charge in [-0.25, -0.2) is 20.0 Å². The molecule has 0 fully saturated rings. The number of benzene rings is 2. The molecule has 12 nitrogen and oxygen atoms in total. The summed E-state index contributed by atoms with van der Waals surface area (Å²) in [5.41, 5.74) is 8.34. The Labute approximate surface area is 364 Å². The third kappa shape index (κ3) is 9.90. The minimum absolute atomic E-state index is 0.110. The summed E-state index contributed by atoms with van der Waals surface area (Å²) in [6.07, 6.45) is 15.1. The van der Waals surface area contributed by atoms with Gasteiger partial charge in [-0.1, -0.05) is 36.4 Å². The minimum atomic E-state index is -0.924. The predicted octanol–water partition coefficient (Wildman–Crippen LogP) is 9.38. The first-order valence-corrected chi connectivity index (χ1v) is 21.2. The third-order valence-corrected chi connectivity index (χ3v) is 11.4. The van der Waals surface area contributed by atoms with Crippen molar-refractivity contribution in [1.82, 2.24) is 0 Å². The van der Waals surface area contributed by atoms with Gasteiger partial charge in [-0.15, -0.1) is 0 Å². The summed E-state index contributed by atoms with van der Waals surface area (Å²) in [5, 5.41) is 18.8. The number of halogens is 2. The number of carbonyl (C=O) groups is 2. The Balaban J connectivity index is 1.28. The molecule has 0 saturated heterocycles. The van der Waals surface area contributed by atoms with E-state index in [-0.39, 0.29) is 26.1 Å². The van der Waals surface area contributed by atoms with Gasteiger partial charge < -0.3 is 29.2 Å². The lowest BCUT2D eigenvalue weighted by Gasteiger charge is -2.18. The van der Waals surface area contributed by atoms with Gasteiger partial charge in [0.25, 0.3) is 0 Å². The van der Waals surface area contributed by atoms with Crippen LogP contribution in [0.4, 0.5) is 0 Å². The SMILES string of the molecule is CCOC(CCOc1ccccc1C1=C2C=CC(=N2)C(Br)=C2C=CC(=N2)C(c2ccccc2OCCC(CC(=O)O)OCC)=C2C=CC(=N2)C(Br)=C2C=CC1=N2)CC(=O)O. The number of carboxylic acids is 2. The van der Waals surface area contributed by atoms with Crippen molar-refractivity contribution in [2.75, 3.05) is 26.4 Å². The van der Waals surface area contributed by atoms with Crippen LogP contribution < -0.4 is 9.47 Å². The molecule has 14 heteroatoms. The molecule has 2 atom stereocenters. The standard InChI is InChI=1S/C46H42Br2N4O8/c1-3-57-27(25-41(53)54)21-23-59-39-11-7-5-9-29(39)43-31-13-17-35(49-31)45(47)37-19-15-33(51-37)44(34-16-20-38(52-34)46(48)36-18-14-32(43)50-36)30-10-6-8-12-40(30)60-24-22-28(58-4-2)26-42(55)56/h5-20,27-28H,3-4,21-26H2,1-2H3,(H,53,54)(H,55,56). The van der Waals surface area contributed by atoms with Crippen LogP contribution in [0.3, 0.4) is 0 Å². The number of rotatable bonds is 18. The molecule has 5 aliphatic heterocycles. The van der Waals surface area contributed by atoms with Crippen molar-refractivity contribution < 1.29 is 38.7 Å². The number of fused-ring (bicyclic) bond motifs is 4. The molecule has 5 aliphatic rings. The number of carboxylic acid groups (broad SMARTS) is 2. The third-order valence-electron chi connectivity index (χ3n) is 9.80. The summed E-state index contributed by atoms with van der Waals surface area (Å²) < 4.78 is 25.4. The molecule has 2 N–H and O–H groups in total. The van der Waals surface area contributed by atoms with Crippen molar-refractivity contribution in [2.24, 2.45) is 20.0 Å². The zero-order valence-electron chi connectivity index (χ0n) is 32.9. The molecule has 0 radical (unpaired) electrons. The van der Waals surface area contributed by atoms with Gasteiger partial charge in [-0.2, -0.15) is 0 Å². The van der Waals surface area contributed by atoms with Crippen molar-refractivity contribution in [3.8, 4) is 11.5 Å². The van der Waals surface area contributed by atoms with Gasteiger partial charge >= 0.3 is 11.9 Å². The maximum Gasteiger partial charge on any atom is 0.305 e. The Morgan fingerprint density at radius 1 is 0.550 bits per heavy atom. The fourth-order valence-corrected chi connectivity index (χ4v) is 8.00. The first-order chi connectivity index (χ1) is 29.1. The average Bonchev–Trinajstić information content (AvgIpc) is 4.07. The highest BCUT2D eigenvalue weighted by molar-refractivity contribution is 9.12. The highest BCUT2D eigenvalue weighted by atomic mass is 79.9. The monoisotopic (exact) mass is 936 g/mol. The summed E-state index contributed by atoms with van der Waals surface area (Å²) >= 11 is 7.63. The van der Waals surface area contributed by atoms with Crippen LogP contribution in [0.1, 0.15) is 50.7 Å². The van der Waals surface area contributed by atoms with E-state index in [1.165, 1.54) is 0 Å². The van der Waals surface area contributed by atoms with Crippen LogP contribution in [-0.4, -0.2) is 83.6 Å². The number of allylic oxidation sites excluding steroid dienone is 12. The summed E-state index contributed by atoms with van der Waals surface area (Å²) in [6.45, 7) is 4.98. The molecular formula is C46H42Br2N4O8. The second kappa shape index (κ2) is 19.7. The van der Waals surface area contributed by atoms with Crippen LogP contribution in [0.15, 0.2) is 149 Å². The van der Waals surface area contributed by atoms with Crippen molar-refractivity contribution in [3.63, 3.8) is 0 Å². The fraction of sp³-hybridized carbons (Fsp3) is 0.261. The van der Waals surface area contributed by atoms with Gasteiger partial charge in [0.05, 0.1) is 92.9 Å².